The maximum absolute atomic E-state index is 9.99. The molecule has 2 nitrogen and oxygen atoms in total. The van der Waals surface area contributed by atoms with Crippen molar-refractivity contribution in [3.8, 4) is 0 Å². The second kappa shape index (κ2) is 5.19. The zero-order chi connectivity index (χ0) is 13.2. The average molecular weight is 246 g/mol. The Balaban J connectivity index is 5.04. The van der Waals surface area contributed by atoms with Crippen LogP contribution in [-0.2, 0) is 4.43 Å². The zero-order valence-electron chi connectivity index (χ0n) is 12.3. The summed E-state index contributed by atoms with van der Waals surface area (Å²) < 4.78 is 6.44. The summed E-state index contributed by atoms with van der Waals surface area (Å²) >= 11 is 0. The van der Waals surface area contributed by atoms with Gasteiger partial charge < -0.3 is 9.53 Å². The fourth-order valence-electron chi connectivity index (χ4n) is 1.73. The molecule has 0 aromatic heterocycles. The summed E-state index contributed by atoms with van der Waals surface area (Å²) in [5, 5.41) is 10.2. The molecule has 1 atom stereocenters. The third-order valence-electron chi connectivity index (χ3n) is 4.22. The fourth-order valence-corrected chi connectivity index (χ4v) is 3.51. The van der Waals surface area contributed by atoms with Crippen LogP contribution < -0.4 is 0 Å². The van der Waals surface area contributed by atoms with Crippen LogP contribution in [-0.4, -0.2) is 25.1 Å². The smallest absolute Gasteiger partial charge is 0.192 e. The fraction of sp³-hybridized carbons (Fsp3) is 1.00. The van der Waals surface area contributed by atoms with E-state index >= 15 is 0 Å². The normalized spacial score (nSPS) is 16.3. The molecule has 0 aromatic carbocycles. The molecule has 0 radical (unpaired) electrons. The molecule has 16 heavy (non-hydrogen) atoms. The molecule has 98 valence electrons. The average Bonchev–Trinajstić information content (AvgIpc) is 2.12. The number of aliphatic hydroxyl groups is 1. The molecule has 0 aromatic rings. The highest BCUT2D eigenvalue weighted by Gasteiger charge is 2.45. The first-order valence-electron chi connectivity index (χ1n) is 6.40. The predicted octanol–water partition coefficient (Wildman–Crippen LogP) is 3.95. The molecule has 0 aliphatic rings. The Kier molecular flexibility index (Phi) is 5.24. The van der Waals surface area contributed by atoms with Gasteiger partial charge in [-0.05, 0) is 37.9 Å². The van der Waals surface area contributed by atoms with Gasteiger partial charge in [-0.3, -0.25) is 0 Å². The van der Waals surface area contributed by atoms with Crippen LogP contribution in [0, 0.1) is 0 Å². The van der Waals surface area contributed by atoms with Gasteiger partial charge in [0.05, 0.1) is 11.7 Å². The van der Waals surface area contributed by atoms with Gasteiger partial charge in [0, 0.05) is 0 Å². The summed E-state index contributed by atoms with van der Waals surface area (Å²) in [4.78, 5) is 0. The Morgan fingerprint density at radius 3 is 1.69 bits per heavy atom. The highest BCUT2D eigenvalue weighted by Crippen LogP contribution is 2.41. The Labute approximate surface area is 103 Å². The molecule has 3 heteroatoms. The van der Waals surface area contributed by atoms with Crippen molar-refractivity contribution in [2.75, 3.05) is 0 Å². The SMILES string of the molecule is CCC(CC)(O[Si](C)(C)C(C)(C)C)C(C)O. The second-order valence-electron chi connectivity index (χ2n) is 6.31. The van der Waals surface area contributed by atoms with Gasteiger partial charge in [-0.2, -0.15) is 0 Å². The quantitative estimate of drug-likeness (QED) is 0.744. The minimum atomic E-state index is -1.81. The van der Waals surface area contributed by atoms with E-state index < -0.39 is 14.4 Å². The van der Waals surface area contributed by atoms with Gasteiger partial charge in [-0.25, -0.2) is 0 Å². The van der Waals surface area contributed by atoms with E-state index in [9.17, 15) is 5.11 Å². The first-order valence-corrected chi connectivity index (χ1v) is 9.31. The van der Waals surface area contributed by atoms with Crippen molar-refractivity contribution in [3.63, 3.8) is 0 Å². The highest BCUT2D eigenvalue weighted by molar-refractivity contribution is 6.74. The Bertz CT molecular complexity index is 212. The number of aliphatic hydroxyl groups excluding tert-OH is 1. The van der Waals surface area contributed by atoms with Crippen molar-refractivity contribution in [2.45, 2.75) is 84.2 Å². The van der Waals surface area contributed by atoms with Crippen LogP contribution in [0.1, 0.15) is 54.4 Å². The molecule has 0 aliphatic carbocycles. The Morgan fingerprint density at radius 2 is 1.50 bits per heavy atom. The Morgan fingerprint density at radius 1 is 1.12 bits per heavy atom. The van der Waals surface area contributed by atoms with E-state index in [2.05, 4.69) is 47.7 Å². The van der Waals surface area contributed by atoms with E-state index in [-0.39, 0.29) is 10.6 Å². The molecule has 0 saturated carbocycles. The lowest BCUT2D eigenvalue weighted by Crippen LogP contribution is -2.54. The standard InChI is InChI=1S/C13H30O2Si/c1-9-13(10-2,11(3)14)15-16(7,8)12(4,5)6/h11,14H,9-10H2,1-8H3. The van der Waals surface area contributed by atoms with Crippen molar-refractivity contribution in [2.24, 2.45) is 0 Å². The van der Waals surface area contributed by atoms with Crippen molar-refractivity contribution in [3.05, 3.63) is 0 Å². The van der Waals surface area contributed by atoms with E-state index in [1.807, 2.05) is 6.92 Å². The maximum Gasteiger partial charge on any atom is 0.192 e. The van der Waals surface area contributed by atoms with Crippen molar-refractivity contribution < 1.29 is 9.53 Å². The lowest BCUT2D eigenvalue weighted by molar-refractivity contribution is -0.0598. The van der Waals surface area contributed by atoms with Crippen molar-refractivity contribution >= 4 is 8.32 Å². The monoisotopic (exact) mass is 246 g/mol. The maximum atomic E-state index is 9.99. The van der Waals surface area contributed by atoms with Crippen LogP contribution in [0.15, 0.2) is 0 Å². The van der Waals surface area contributed by atoms with Crippen LogP contribution in [0.3, 0.4) is 0 Å². The largest absolute Gasteiger partial charge is 0.409 e. The second-order valence-corrected chi connectivity index (χ2v) is 11.0. The lowest BCUT2D eigenvalue weighted by atomic mass is 9.92. The van der Waals surface area contributed by atoms with Gasteiger partial charge in [0.15, 0.2) is 8.32 Å². The third-order valence-corrected chi connectivity index (χ3v) is 8.75. The summed E-state index contributed by atoms with van der Waals surface area (Å²) in [5.74, 6) is 0. The molecular formula is C13H30O2Si. The first-order chi connectivity index (χ1) is 7.02. The summed E-state index contributed by atoms with van der Waals surface area (Å²) in [6.07, 6.45) is 1.33. The van der Waals surface area contributed by atoms with Crippen molar-refractivity contribution in [1.29, 1.82) is 0 Å². The minimum Gasteiger partial charge on any atom is -0.409 e. The highest BCUT2D eigenvalue weighted by atomic mass is 28.4. The Hall–Kier alpha value is 0.137. The summed E-state index contributed by atoms with van der Waals surface area (Å²) in [7, 11) is -1.81. The molecule has 0 spiro atoms. The number of rotatable bonds is 5. The van der Waals surface area contributed by atoms with Gasteiger partial charge in [-0.15, -0.1) is 0 Å². The summed E-state index contributed by atoms with van der Waals surface area (Å²) in [6.45, 7) is 17.2. The molecule has 0 rings (SSSR count). The van der Waals surface area contributed by atoms with Crippen LogP contribution in [0.2, 0.25) is 18.1 Å². The molecule has 0 bridgehead atoms. The van der Waals surface area contributed by atoms with Gasteiger partial charge in [0.2, 0.25) is 0 Å². The molecule has 0 aliphatic heterocycles. The molecule has 0 fully saturated rings. The van der Waals surface area contributed by atoms with Crippen LogP contribution in [0.5, 0.6) is 0 Å². The van der Waals surface area contributed by atoms with Gasteiger partial charge in [0.1, 0.15) is 0 Å². The number of hydrogen-bond acceptors (Lipinski definition) is 2. The first kappa shape index (κ1) is 16.1. The zero-order valence-corrected chi connectivity index (χ0v) is 13.3. The van der Waals surface area contributed by atoms with E-state index in [1.165, 1.54) is 0 Å². The van der Waals surface area contributed by atoms with Gasteiger partial charge in [0.25, 0.3) is 0 Å². The van der Waals surface area contributed by atoms with Crippen LogP contribution in [0.4, 0.5) is 0 Å². The molecule has 1 unspecified atom stereocenters. The van der Waals surface area contributed by atoms with Gasteiger partial charge in [-0.1, -0.05) is 34.6 Å². The van der Waals surface area contributed by atoms with E-state index in [0.717, 1.165) is 12.8 Å². The van der Waals surface area contributed by atoms with E-state index in [0.29, 0.717) is 0 Å². The van der Waals surface area contributed by atoms with Crippen LogP contribution >= 0.6 is 0 Å². The predicted molar refractivity (Wildman–Crippen MR) is 73.3 cm³/mol. The molecular weight excluding hydrogens is 216 g/mol. The minimum absolute atomic E-state index is 0.192. The molecule has 0 amide bonds. The van der Waals surface area contributed by atoms with Crippen molar-refractivity contribution in [1.82, 2.24) is 0 Å². The van der Waals surface area contributed by atoms with Gasteiger partial charge >= 0.3 is 0 Å². The molecule has 1 N–H and O–H groups in total. The third kappa shape index (κ3) is 3.31. The molecule has 0 saturated heterocycles. The topological polar surface area (TPSA) is 29.5 Å². The number of hydrogen-bond donors (Lipinski definition) is 1. The molecule has 0 heterocycles. The lowest BCUT2D eigenvalue weighted by Gasteiger charge is -2.46. The summed E-state index contributed by atoms with van der Waals surface area (Å²) in [5.41, 5.74) is -0.358. The summed E-state index contributed by atoms with van der Waals surface area (Å²) in [6, 6.07) is 0. The van der Waals surface area contributed by atoms with Crippen LogP contribution in [0.25, 0.3) is 0 Å². The van der Waals surface area contributed by atoms with E-state index in [4.69, 9.17) is 4.43 Å². The van der Waals surface area contributed by atoms with E-state index in [1.54, 1.807) is 0 Å².